The summed E-state index contributed by atoms with van der Waals surface area (Å²) in [6.07, 6.45) is 1.56. The third-order valence-electron chi connectivity index (χ3n) is 3.22. The minimum Gasteiger partial charge on any atom is -0.368 e. The predicted octanol–water partition coefficient (Wildman–Crippen LogP) is 3.40. The lowest BCUT2D eigenvalue weighted by molar-refractivity contribution is 0.628. The first kappa shape index (κ1) is 16.1. The van der Waals surface area contributed by atoms with Crippen LogP contribution >= 0.6 is 0 Å². The van der Waals surface area contributed by atoms with E-state index in [0.29, 0.717) is 5.56 Å². The Hall–Kier alpha value is -3.79. The van der Waals surface area contributed by atoms with Gasteiger partial charge in [0.25, 0.3) is 0 Å². The molecule has 3 aromatic rings. The van der Waals surface area contributed by atoms with Gasteiger partial charge in [0.05, 0.1) is 5.57 Å². The van der Waals surface area contributed by atoms with Gasteiger partial charge in [0.1, 0.15) is 11.9 Å². The van der Waals surface area contributed by atoms with Gasteiger partial charge in [-0.1, -0.05) is 30.3 Å². The van der Waals surface area contributed by atoms with Gasteiger partial charge in [-0.3, -0.25) is 0 Å². The van der Waals surface area contributed by atoms with Crippen LogP contribution in [0.15, 0.2) is 54.6 Å². The Morgan fingerprint density at radius 3 is 2.44 bits per heavy atom. The number of nitrogens with one attached hydrogen (secondary N) is 1. The molecule has 1 aromatic heterocycles. The first-order valence-electron chi connectivity index (χ1n) is 7.35. The predicted molar refractivity (Wildman–Crippen MR) is 93.8 cm³/mol. The maximum Gasteiger partial charge on any atom is 0.232 e. The van der Waals surface area contributed by atoms with Crippen LogP contribution in [0.25, 0.3) is 11.6 Å². The van der Waals surface area contributed by atoms with E-state index in [0.717, 1.165) is 5.69 Å². The molecule has 0 spiro atoms. The Morgan fingerprint density at radius 2 is 1.76 bits per heavy atom. The number of nitrogens with zero attached hydrogens (tertiary/aromatic N) is 4. The van der Waals surface area contributed by atoms with Crippen LogP contribution in [0.2, 0.25) is 0 Å². The van der Waals surface area contributed by atoms with E-state index in [2.05, 4.69) is 20.3 Å². The molecule has 0 fully saturated rings. The first-order chi connectivity index (χ1) is 12.1. The van der Waals surface area contributed by atoms with Crippen molar-refractivity contribution >= 4 is 29.2 Å². The number of nitrogen functional groups attached to an aromatic ring is 1. The van der Waals surface area contributed by atoms with E-state index in [4.69, 9.17) is 5.73 Å². The molecule has 0 unspecified atom stereocenters. The van der Waals surface area contributed by atoms with Crippen LogP contribution in [0.4, 0.5) is 22.0 Å². The van der Waals surface area contributed by atoms with E-state index in [1.807, 2.05) is 36.4 Å². The van der Waals surface area contributed by atoms with Crippen molar-refractivity contribution in [3.8, 4) is 6.07 Å². The average molecular weight is 332 g/mol. The molecule has 0 atom stereocenters. The number of para-hydroxylation sites is 1. The number of benzene rings is 2. The van der Waals surface area contributed by atoms with E-state index in [-0.39, 0.29) is 29.1 Å². The highest BCUT2D eigenvalue weighted by Crippen LogP contribution is 2.18. The second-order valence-electron chi connectivity index (χ2n) is 5.05. The van der Waals surface area contributed by atoms with Gasteiger partial charge >= 0.3 is 0 Å². The van der Waals surface area contributed by atoms with Gasteiger partial charge in [0.15, 0.2) is 5.82 Å². The molecule has 0 aliphatic rings. The summed E-state index contributed by atoms with van der Waals surface area (Å²) in [5, 5.41) is 12.4. The molecule has 0 amide bonds. The zero-order valence-corrected chi connectivity index (χ0v) is 13.0. The molecule has 25 heavy (non-hydrogen) atoms. The van der Waals surface area contributed by atoms with Crippen LogP contribution in [0.3, 0.4) is 0 Å². The van der Waals surface area contributed by atoms with Crippen molar-refractivity contribution in [3.05, 3.63) is 71.8 Å². The van der Waals surface area contributed by atoms with E-state index in [1.165, 1.54) is 12.1 Å². The molecule has 2 aromatic carbocycles. The molecule has 3 rings (SSSR count). The van der Waals surface area contributed by atoms with Gasteiger partial charge in [-0.25, -0.2) is 4.39 Å². The van der Waals surface area contributed by atoms with Gasteiger partial charge in [0, 0.05) is 5.69 Å². The molecule has 0 saturated carbocycles. The van der Waals surface area contributed by atoms with Crippen molar-refractivity contribution < 1.29 is 4.39 Å². The van der Waals surface area contributed by atoms with Crippen molar-refractivity contribution in [2.24, 2.45) is 0 Å². The number of anilines is 3. The minimum atomic E-state index is -0.352. The fourth-order valence-corrected chi connectivity index (χ4v) is 2.09. The van der Waals surface area contributed by atoms with Gasteiger partial charge in [-0.2, -0.15) is 20.2 Å². The number of aromatic nitrogens is 3. The topological polar surface area (TPSA) is 101 Å². The molecule has 7 heteroatoms. The van der Waals surface area contributed by atoms with Crippen molar-refractivity contribution in [1.29, 1.82) is 5.26 Å². The zero-order valence-electron chi connectivity index (χ0n) is 13.0. The van der Waals surface area contributed by atoms with Gasteiger partial charge in [-0.15, -0.1) is 0 Å². The molecule has 0 aliphatic heterocycles. The summed E-state index contributed by atoms with van der Waals surface area (Å²) in [6, 6.07) is 17.1. The Labute approximate surface area is 143 Å². The standard InChI is InChI=1S/C18H13FN6/c19-14-8-6-12(7-9-14)10-13(11-20)16-23-17(21)25-18(24-16)22-15-4-2-1-3-5-15/h1-10H,(H3,21,22,23,24,25)/b13-10+. The number of nitrogens with two attached hydrogens (primary N) is 1. The Balaban J connectivity index is 1.95. The van der Waals surface area contributed by atoms with Crippen LogP contribution in [-0.4, -0.2) is 15.0 Å². The van der Waals surface area contributed by atoms with Gasteiger partial charge in [-0.05, 0) is 35.9 Å². The van der Waals surface area contributed by atoms with Crippen LogP contribution in [-0.2, 0) is 0 Å². The number of hydrogen-bond donors (Lipinski definition) is 2. The second-order valence-corrected chi connectivity index (χ2v) is 5.05. The van der Waals surface area contributed by atoms with E-state index < -0.39 is 0 Å². The molecule has 122 valence electrons. The number of allylic oxidation sites excluding steroid dienone is 1. The highest BCUT2D eigenvalue weighted by molar-refractivity contribution is 5.87. The van der Waals surface area contributed by atoms with Crippen LogP contribution in [0.5, 0.6) is 0 Å². The summed E-state index contributed by atoms with van der Waals surface area (Å²) in [6.45, 7) is 0. The number of hydrogen-bond acceptors (Lipinski definition) is 6. The molecule has 3 N–H and O–H groups in total. The van der Waals surface area contributed by atoms with E-state index in [9.17, 15) is 9.65 Å². The molecule has 6 nitrogen and oxygen atoms in total. The van der Waals surface area contributed by atoms with Crippen LogP contribution < -0.4 is 11.1 Å². The van der Waals surface area contributed by atoms with Gasteiger partial charge < -0.3 is 11.1 Å². The maximum atomic E-state index is 13.0. The second kappa shape index (κ2) is 7.19. The van der Waals surface area contributed by atoms with Crippen LogP contribution in [0.1, 0.15) is 11.4 Å². The minimum absolute atomic E-state index is 0.0105. The van der Waals surface area contributed by atoms with Crippen molar-refractivity contribution in [1.82, 2.24) is 15.0 Å². The quantitative estimate of drug-likeness (QED) is 0.710. The Kier molecular flexibility index (Phi) is 4.62. The molecule has 0 radical (unpaired) electrons. The van der Waals surface area contributed by atoms with Gasteiger partial charge in [0.2, 0.25) is 11.9 Å². The summed E-state index contributed by atoms with van der Waals surface area (Å²) in [4.78, 5) is 12.3. The SMILES string of the molecule is N#C/C(=C\c1ccc(F)cc1)c1nc(N)nc(Nc2ccccc2)n1. The lowest BCUT2D eigenvalue weighted by Crippen LogP contribution is -2.06. The van der Waals surface area contributed by atoms with Crippen molar-refractivity contribution in [2.75, 3.05) is 11.1 Å². The summed E-state index contributed by atoms with van der Waals surface area (Å²) in [7, 11) is 0. The summed E-state index contributed by atoms with van der Waals surface area (Å²) in [5.74, 6) is 0.00445. The number of halogens is 1. The number of nitriles is 1. The largest absolute Gasteiger partial charge is 0.368 e. The molecule has 0 bridgehead atoms. The monoisotopic (exact) mass is 332 g/mol. The van der Waals surface area contributed by atoms with Crippen LogP contribution in [0, 0.1) is 17.1 Å². The fourth-order valence-electron chi connectivity index (χ4n) is 2.09. The van der Waals surface area contributed by atoms with Crippen molar-refractivity contribution in [2.45, 2.75) is 0 Å². The zero-order chi connectivity index (χ0) is 17.6. The third-order valence-corrected chi connectivity index (χ3v) is 3.22. The number of rotatable bonds is 4. The fraction of sp³-hybridized carbons (Fsp3) is 0. The first-order valence-corrected chi connectivity index (χ1v) is 7.35. The Morgan fingerprint density at radius 1 is 1.04 bits per heavy atom. The normalized spacial score (nSPS) is 11.0. The summed E-state index contributed by atoms with van der Waals surface area (Å²) in [5.41, 5.74) is 7.35. The highest BCUT2D eigenvalue weighted by atomic mass is 19.1. The molecular weight excluding hydrogens is 319 g/mol. The summed E-state index contributed by atoms with van der Waals surface area (Å²) >= 11 is 0. The van der Waals surface area contributed by atoms with E-state index >= 15 is 0 Å². The molecular formula is C18H13FN6. The lowest BCUT2D eigenvalue weighted by atomic mass is 10.1. The lowest BCUT2D eigenvalue weighted by Gasteiger charge is -2.06. The molecule has 0 aliphatic carbocycles. The molecule has 0 saturated heterocycles. The highest BCUT2D eigenvalue weighted by Gasteiger charge is 2.10. The molecule has 1 heterocycles. The summed E-state index contributed by atoms with van der Waals surface area (Å²) < 4.78 is 13.0. The smallest absolute Gasteiger partial charge is 0.232 e. The maximum absolute atomic E-state index is 13.0. The average Bonchev–Trinajstić information content (AvgIpc) is 2.61. The van der Waals surface area contributed by atoms with E-state index in [1.54, 1.807) is 18.2 Å². The third kappa shape index (κ3) is 4.14. The Bertz CT molecular complexity index is 946. The van der Waals surface area contributed by atoms with Crippen molar-refractivity contribution in [3.63, 3.8) is 0 Å².